The minimum Gasteiger partial charge on any atom is -0.507 e. The number of nitrogen functional groups attached to an aromatic ring is 1. The highest BCUT2D eigenvalue weighted by Crippen LogP contribution is 2.36. The highest BCUT2D eigenvalue weighted by Gasteiger charge is 2.20. The monoisotopic (exact) mass is 389 g/mol. The van der Waals surface area contributed by atoms with Gasteiger partial charge in [-0.15, -0.1) is 22.8 Å². The molecule has 0 bridgehead atoms. The van der Waals surface area contributed by atoms with Crippen molar-refractivity contribution in [1.29, 1.82) is 5.41 Å². The van der Waals surface area contributed by atoms with E-state index in [1.54, 1.807) is 10.6 Å². The summed E-state index contributed by atoms with van der Waals surface area (Å²) in [7, 11) is 0. The SMILES string of the molecule is CCC(=N)c1cc(-c2nnc(S)n2-c2cccc3ccccc23)c(O)cc1N. The van der Waals surface area contributed by atoms with Crippen LogP contribution in [0.15, 0.2) is 59.8 Å². The Labute approximate surface area is 167 Å². The van der Waals surface area contributed by atoms with Gasteiger partial charge in [0, 0.05) is 28.4 Å². The van der Waals surface area contributed by atoms with Crippen molar-refractivity contribution in [3.63, 3.8) is 0 Å². The average molecular weight is 389 g/mol. The van der Waals surface area contributed by atoms with Gasteiger partial charge in [-0.25, -0.2) is 0 Å². The fourth-order valence-electron chi connectivity index (χ4n) is 3.31. The van der Waals surface area contributed by atoms with Crippen LogP contribution in [-0.4, -0.2) is 25.6 Å². The Morgan fingerprint density at radius 2 is 1.89 bits per heavy atom. The first-order valence-electron chi connectivity index (χ1n) is 8.84. The standard InChI is InChI=1S/C21H19N5OS/c1-2-16(22)14-10-15(19(27)11-17(14)23)20-24-25-21(28)26(20)18-9-5-7-12-6-3-4-8-13(12)18/h3-11,22,27H,2,23H2,1H3,(H,25,28). The van der Waals surface area contributed by atoms with E-state index in [-0.39, 0.29) is 5.75 Å². The van der Waals surface area contributed by atoms with Crippen molar-refractivity contribution >= 4 is 34.8 Å². The van der Waals surface area contributed by atoms with Gasteiger partial charge in [0.05, 0.1) is 11.3 Å². The number of benzene rings is 3. The molecule has 0 aliphatic carbocycles. The maximum Gasteiger partial charge on any atom is 0.193 e. The number of aromatic hydroxyl groups is 1. The Kier molecular flexibility index (Phi) is 4.52. The average Bonchev–Trinajstić information content (AvgIpc) is 3.08. The van der Waals surface area contributed by atoms with Gasteiger partial charge in [-0.3, -0.25) is 4.57 Å². The lowest BCUT2D eigenvalue weighted by Crippen LogP contribution is -2.05. The van der Waals surface area contributed by atoms with E-state index in [0.29, 0.717) is 39.9 Å². The molecule has 4 N–H and O–H groups in total. The molecule has 0 aliphatic heterocycles. The van der Waals surface area contributed by atoms with Crippen molar-refractivity contribution in [3.05, 3.63) is 60.2 Å². The van der Waals surface area contributed by atoms with E-state index < -0.39 is 0 Å². The third kappa shape index (κ3) is 2.90. The molecule has 0 fully saturated rings. The van der Waals surface area contributed by atoms with E-state index in [9.17, 15) is 5.11 Å². The topological polar surface area (TPSA) is 101 Å². The molecule has 28 heavy (non-hydrogen) atoms. The van der Waals surface area contributed by atoms with Gasteiger partial charge < -0.3 is 16.2 Å². The number of phenolic OH excluding ortho intramolecular Hbond substituents is 1. The fraction of sp³-hybridized carbons (Fsp3) is 0.0952. The first kappa shape index (κ1) is 18.1. The molecule has 7 heteroatoms. The largest absolute Gasteiger partial charge is 0.507 e. The van der Waals surface area contributed by atoms with Gasteiger partial charge in [0.2, 0.25) is 0 Å². The Balaban J connectivity index is 1.99. The second-order valence-corrected chi connectivity index (χ2v) is 6.85. The maximum atomic E-state index is 10.6. The van der Waals surface area contributed by atoms with Gasteiger partial charge in [-0.05, 0) is 23.9 Å². The lowest BCUT2D eigenvalue weighted by molar-refractivity contribution is 0.477. The van der Waals surface area contributed by atoms with Gasteiger partial charge in [-0.2, -0.15) is 0 Å². The van der Waals surface area contributed by atoms with E-state index in [1.807, 2.05) is 49.4 Å². The number of hydrogen-bond acceptors (Lipinski definition) is 6. The molecule has 3 aromatic carbocycles. The zero-order valence-electron chi connectivity index (χ0n) is 15.2. The predicted octanol–water partition coefficient (Wildman–Crippen LogP) is 4.44. The molecule has 0 spiro atoms. The number of fused-ring (bicyclic) bond motifs is 1. The van der Waals surface area contributed by atoms with E-state index in [0.717, 1.165) is 16.5 Å². The summed E-state index contributed by atoms with van der Waals surface area (Å²) in [6.07, 6.45) is 0.530. The number of phenols is 1. The number of rotatable bonds is 4. The molecule has 1 heterocycles. The molecule has 0 atom stereocenters. The third-order valence-electron chi connectivity index (χ3n) is 4.74. The van der Waals surface area contributed by atoms with Crippen molar-refractivity contribution < 1.29 is 5.11 Å². The van der Waals surface area contributed by atoms with Gasteiger partial charge >= 0.3 is 0 Å². The van der Waals surface area contributed by atoms with Crippen LogP contribution in [0.25, 0.3) is 27.8 Å². The highest BCUT2D eigenvalue weighted by atomic mass is 32.1. The van der Waals surface area contributed by atoms with Crippen LogP contribution >= 0.6 is 12.6 Å². The third-order valence-corrected chi connectivity index (χ3v) is 5.03. The number of nitrogens with zero attached hydrogens (tertiary/aromatic N) is 3. The Morgan fingerprint density at radius 3 is 2.68 bits per heavy atom. The van der Waals surface area contributed by atoms with Gasteiger partial charge in [0.15, 0.2) is 11.0 Å². The lowest BCUT2D eigenvalue weighted by atomic mass is 10.0. The zero-order valence-corrected chi connectivity index (χ0v) is 16.1. The quantitative estimate of drug-likeness (QED) is 0.235. The molecular formula is C21H19N5OS. The number of nitrogens with two attached hydrogens (primary N) is 1. The van der Waals surface area contributed by atoms with Crippen LogP contribution in [-0.2, 0) is 0 Å². The summed E-state index contributed by atoms with van der Waals surface area (Å²) in [6.45, 7) is 1.89. The smallest absolute Gasteiger partial charge is 0.193 e. The summed E-state index contributed by atoms with van der Waals surface area (Å²) < 4.78 is 1.79. The molecule has 1 aromatic heterocycles. The summed E-state index contributed by atoms with van der Waals surface area (Å²) >= 11 is 4.49. The highest BCUT2D eigenvalue weighted by molar-refractivity contribution is 7.80. The van der Waals surface area contributed by atoms with E-state index in [2.05, 4.69) is 22.8 Å². The number of aromatic nitrogens is 3. The van der Waals surface area contributed by atoms with Crippen LogP contribution in [0, 0.1) is 5.41 Å². The first-order chi connectivity index (χ1) is 13.5. The van der Waals surface area contributed by atoms with E-state index >= 15 is 0 Å². The first-order valence-corrected chi connectivity index (χ1v) is 9.29. The van der Waals surface area contributed by atoms with Gasteiger partial charge in [0.25, 0.3) is 0 Å². The Morgan fingerprint density at radius 1 is 1.14 bits per heavy atom. The predicted molar refractivity (Wildman–Crippen MR) is 115 cm³/mol. The van der Waals surface area contributed by atoms with Crippen molar-refractivity contribution in [3.8, 4) is 22.8 Å². The number of nitrogens with one attached hydrogen (secondary N) is 1. The molecule has 4 rings (SSSR count). The molecule has 140 valence electrons. The second-order valence-electron chi connectivity index (χ2n) is 6.45. The van der Waals surface area contributed by atoms with Gasteiger partial charge in [-0.1, -0.05) is 43.3 Å². The second kappa shape index (κ2) is 7.01. The minimum absolute atomic E-state index is 0.0210. The molecule has 0 saturated carbocycles. The van der Waals surface area contributed by atoms with Gasteiger partial charge in [0.1, 0.15) is 5.75 Å². The van der Waals surface area contributed by atoms with E-state index in [4.69, 9.17) is 11.1 Å². The number of thiol groups is 1. The number of hydrogen-bond donors (Lipinski definition) is 4. The van der Waals surface area contributed by atoms with Crippen molar-refractivity contribution in [2.45, 2.75) is 18.5 Å². The summed E-state index contributed by atoms with van der Waals surface area (Å²) in [6, 6.07) is 17.1. The summed E-state index contributed by atoms with van der Waals surface area (Å²) in [4.78, 5) is 0. The fourth-order valence-corrected chi connectivity index (χ4v) is 3.56. The normalized spacial score (nSPS) is 11.1. The van der Waals surface area contributed by atoms with Crippen LogP contribution in [0.3, 0.4) is 0 Å². The zero-order chi connectivity index (χ0) is 19.8. The van der Waals surface area contributed by atoms with E-state index in [1.165, 1.54) is 6.07 Å². The Bertz CT molecular complexity index is 1210. The Hall–Kier alpha value is -3.32. The molecule has 0 unspecified atom stereocenters. The van der Waals surface area contributed by atoms with Crippen LogP contribution < -0.4 is 5.73 Å². The lowest BCUT2D eigenvalue weighted by Gasteiger charge is -2.14. The molecule has 0 amide bonds. The summed E-state index contributed by atoms with van der Waals surface area (Å²) in [5.41, 5.74) is 8.63. The summed E-state index contributed by atoms with van der Waals surface area (Å²) in [5, 5.41) is 29.6. The molecule has 0 radical (unpaired) electrons. The minimum atomic E-state index is -0.0210. The summed E-state index contributed by atoms with van der Waals surface area (Å²) in [5.74, 6) is 0.413. The molecule has 0 saturated heterocycles. The molecular weight excluding hydrogens is 370 g/mol. The molecule has 4 aromatic rings. The van der Waals surface area contributed by atoms with Crippen LogP contribution in [0.4, 0.5) is 5.69 Å². The number of anilines is 1. The van der Waals surface area contributed by atoms with Crippen molar-refractivity contribution in [1.82, 2.24) is 14.8 Å². The van der Waals surface area contributed by atoms with Crippen LogP contribution in [0.5, 0.6) is 5.75 Å². The van der Waals surface area contributed by atoms with Crippen molar-refractivity contribution in [2.24, 2.45) is 0 Å². The van der Waals surface area contributed by atoms with Crippen LogP contribution in [0.1, 0.15) is 18.9 Å². The molecule has 6 nitrogen and oxygen atoms in total. The van der Waals surface area contributed by atoms with Crippen LogP contribution in [0.2, 0.25) is 0 Å². The van der Waals surface area contributed by atoms with Crippen molar-refractivity contribution in [2.75, 3.05) is 5.73 Å². The maximum absolute atomic E-state index is 10.6. The molecule has 0 aliphatic rings.